The summed E-state index contributed by atoms with van der Waals surface area (Å²) in [7, 11) is 1.50. The lowest BCUT2D eigenvalue weighted by molar-refractivity contribution is -0.132. The van der Waals surface area contributed by atoms with Crippen LogP contribution < -0.4 is 4.74 Å². The van der Waals surface area contributed by atoms with Gasteiger partial charge >= 0.3 is 5.97 Å². The van der Waals surface area contributed by atoms with E-state index < -0.39 is 5.97 Å². The number of carboxylic acids is 1. The van der Waals surface area contributed by atoms with E-state index in [9.17, 15) is 15.0 Å². The van der Waals surface area contributed by atoms with E-state index >= 15 is 0 Å². The summed E-state index contributed by atoms with van der Waals surface area (Å²) in [5.41, 5.74) is 4.67. The van der Waals surface area contributed by atoms with Crippen molar-refractivity contribution < 1.29 is 19.7 Å². The van der Waals surface area contributed by atoms with Crippen LogP contribution in [0.4, 0.5) is 0 Å². The fourth-order valence-corrected chi connectivity index (χ4v) is 3.72. The van der Waals surface area contributed by atoms with Crippen molar-refractivity contribution in [2.45, 2.75) is 33.7 Å². The number of nitrogens with zero attached hydrogens (tertiary/aromatic N) is 1. The predicted octanol–water partition coefficient (Wildman–Crippen LogP) is 5.23. The van der Waals surface area contributed by atoms with Crippen molar-refractivity contribution in [3.63, 3.8) is 0 Å². The molecule has 28 heavy (non-hydrogen) atoms. The van der Waals surface area contributed by atoms with Crippen molar-refractivity contribution in [2.24, 2.45) is 0 Å². The molecule has 0 aliphatic rings. The summed E-state index contributed by atoms with van der Waals surface area (Å²) in [5, 5.41) is 21.1. The second-order valence-corrected chi connectivity index (χ2v) is 6.86. The molecular formula is C23H25NO4. The van der Waals surface area contributed by atoms with Crippen LogP contribution in [0.2, 0.25) is 0 Å². The molecule has 5 nitrogen and oxygen atoms in total. The van der Waals surface area contributed by atoms with E-state index in [4.69, 9.17) is 4.74 Å². The molecule has 2 N–H and O–H groups in total. The number of aryl methyl sites for hydroxylation is 2. The highest BCUT2D eigenvalue weighted by Gasteiger charge is 2.23. The predicted molar refractivity (Wildman–Crippen MR) is 112 cm³/mol. The molecule has 0 atom stereocenters. The number of ether oxygens (including phenoxy) is 1. The van der Waals surface area contributed by atoms with Crippen molar-refractivity contribution in [1.29, 1.82) is 0 Å². The Morgan fingerprint density at radius 2 is 1.93 bits per heavy atom. The second kappa shape index (κ2) is 7.80. The fraction of sp³-hybridized carbons (Fsp3) is 0.261. The van der Waals surface area contributed by atoms with Gasteiger partial charge in [-0.15, -0.1) is 0 Å². The van der Waals surface area contributed by atoms with Gasteiger partial charge in [-0.05, 0) is 49.1 Å². The Hall–Kier alpha value is -3.21. The third kappa shape index (κ3) is 3.24. The lowest BCUT2D eigenvalue weighted by Gasteiger charge is -2.13. The van der Waals surface area contributed by atoms with E-state index in [0.717, 1.165) is 35.2 Å². The van der Waals surface area contributed by atoms with Gasteiger partial charge in [-0.25, -0.2) is 4.79 Å². The molecule has 1 heterocycles. The standard InChI is InChI=1S/C23H25NO4/c1-5-11-24-20(16-9-7-6-8-10-16)15(3)19-17(12-14(2)23(26)27)13-18(28-4)22(25)21(19)24/h6-10,12-13,25H,5,11H2,1-4H3,(H,26,27)/b14-12+. The van der Waals surface area contributed by atoms with Gasteiger partial charge in [0.1, 0.15) is 0 Å². The van der Waals surface area contributed by atoms with E-state index in [0.29, 0.717) is 16.8 Å². The first-order valence-corrected chi connectivity index (χ1v) is 9.30. The highest BCUT2D eigenvalue weighted by Crippen LogP contribution is 2.44. The number of fused-ring (bicyclic) bond motifs is 1. The molecule has 0 amide bonds. The van der Waals surface area contributed by atoms with Crippen molar-refractivity contribution in [2.75, 3.05) is 7.11 Å². The van der Waals surface area contributed by atoms with Crippen LogP contribution in [0.1, 0.15) is 31.4 Å². The third-order valence-electron chi connectivity index (χ3n) is 4.96. The van der Waals surface area contributed by atoms with Gasteiger partial charge in [0.05, 0.1) is 18.3 Å². The summed E-state index contributed by atoms with van der Waals surface area (Å²) in [6, 6.07) is 11.7. The summed E-state index contributed by atoms with van der Waals surface area (Å²) < 4.78 is 7.49. The summed E-state index contributed by atoms with van der Waals surface area (Å²) in [6.45, 7) is 6.37. The summed E-state index contributed by atoms with van der Waals surface area (Å²) in [5.74, 6) is -0.582. The molecule has 0 spiro atoms. The normalized spacial score (nSPS) is 11.8. The van der Waals surface area contributed by atoms with Crippen LogP contribution in [-0.2, 0) is 11.3 Å². The first kappa shape index (κ1) is 19.5. The van der Waals surface area contributed by atoms with Crippen LogP contribution in [0.5, 0.6) is 11.5 Å². The van der Waals surface area contributed by atoms with Gasteiger partial charge in [-0.2, -0.15) is 0 Å². The number of rotatable bonds is 6. The molecule has 146 valence electrons. The van der Waals surface area contributed by atoms with Gasteiger partial charge < -0.3 is 19.5 Å². The molecule has 3 aromatic rings. The Bertz CT molecular complexity index is 1060. The second-order valence-electron chi connectivity index (χ2n) is 6.86. The SMILES string of the molecule is CCCn1c(-c2ccccc2)c(C)c2c(/C=C(\C)C(=O)O)cc(OC)c(O)c21. The average Bonchev–Trinajstić information content (AvgIpc) is 2.97. The Morgan fingerprint density at radius 3 is 2.50 bits per heavy atom. The van der Waals surface area contributed by atoms with Crippen molar-refractivity contribution >= 4 is 22.9 Å². The Labute approximate surface area is 164 Å². The van der Waals surface area contributed by atoms with E-state index in [1.54, 1.807) is 19.1 Å². The molecule has 0 aliphatic carbocycles. The number of phenolic OH excluding ortho intramolecular Hbond substituents is 1. The third-order valence-corrected chi connectivity index (χ3v) is 4.96. The zero-order valence-corrected chi connectivity index (χ0v) is 16.6. The molecule has 3 rings (SSSR count). The number of hydrogen-bond acceptors (Lipinski definition) is 3. The summed E-state index contributed by atoms with van der Waals surface area (Å²) in [4.78, 5) is 11.4. The zero-order chi connectivity index (χ0) is 20.4. The quantitative estimate of drug-likeness (QED) is 0.575. The zero-order valence-electron chi connectivity index (χ0n) is 16.6. The number of benzene rings is 2. The number of aromatic hydroxyl groups is 1. The summed E-state index contributed by atoms with van der Waals surface area (Å²) in [6.07, 6.45) is 2.52. The van der Waals surface area contributed by atoms with Crippen LogP contribution >= 0.6 is 0 Å². The van der Waals surface area contributed by atoms with Crippen molar-refractivity contribution in [3.8, 4) is 22.8 Å². The number of aromatic nitrogens is 1. The number of aliphatic carboxylic acids is 1. The first-order valence-electron chi connectivity index (χ1n) is 9.30. The van der Waals surface area contributed by atoms with Crippen molar-refractivity contribution in [1.82, 2.24) is 4.57 Å². The van der Waals surface area contributed by atoms with E-state index in [2.05, 4.69) is 11.5 Å². The molecule has 0 saturated heterocycles. The molecule has 0 saturated carbocycles. The number of carboxylic acid groups (broad SMARTS) is 1. The monoisotopic (exact) mass is 379 g/mol. The molecule has 0 radical (unpaired) electrons. The lowest BCUT2D eigenvalue weighted by atomic mass is 10.0. The number of methoxy groups -OCH3 is 1. The molecule has 5 heteroatoms. The van der Waals surface area contributed by atoms with Gasteiger partial charge in [0, 0.05) is 17.5 Å². The van der Waals surface area contributed by atoms with Gasteiger partial charge in [0.2, 0.25) is 0 Å². The lowest BCUT2D eigenvalue weighted by Crippen LogP contribution is -2.00. The van der Waals surface area contributed by atoms with Gasteiger partial charge in [0.15, 0.2) is 11.5 Å². The number of hydrogen-bond donors (Lipinski definition) is 2. The number of carbonyl (C=O) groups is 1. The smallest absolute Gasteiger partial charge is 0.331 e. The largest absolute Gasteiger partial charge is 0.503 e. The van der Waals surface area contributed by atoms with Gasteiger partial charge in [0.25, 0.3) is 0 Å². The maximum absolute atomic E-state index is 11.4. The maximum atomic E-state index is 11.4. The Kier molecular flexibility index (Phi) is 5.45. The minimum Gasteiger partial charge on any atom is -0.503 e. The first-order chi connectivity index (χ1) is 13.4. The minimum atomic E-state index is -0.978. The number of phenols is 1. The van der Waals surface area contributed by atoms with Crippen LogP contribution in [-0.4, -0.2) is 27.9 Å². The molecule has 0 bridgehead atoms. The molecular weight excluding hydrogens is 354 g/mol. The Balaban J connectivity index is 2.49. The average molecular weight is 379 g/mol. The van der Waals surface area contributed by atoms with Crippen LogP contribution in [0.3, 0.4) is 0 Å². The van der Waals surface area contributed by atoms with Crippen LogP contribution in [0.25, 0.3) is 28.2 Å². The van der Waals surface area contributed by atoms with Crippen LogP contribution in [0.15, 0.2) is 42.0 Å². The maximum Gasteiger partial charge on any atom is 0.331 e. The Morgan fingerprint density at radius 1 is 1.25 bits per heavy atom. The molecule has 2 aromatic carbocycles. The molecule has 0 aliphatic heterocycles. The molecule has 0 fully saturated rings. The summed E-state index contributed by atoms with van der Waals surface area (Å²) >= 11 is 0. The fourth-order valence-electron chi connectivity index (χ4n) is 3.72. The highest BCUT2D eigenvalue weighted by molar-refractivity contribution is 6.04. The minimum absolute atomic E-state index is 0.0707. The van der Waals surface area contributed by atoms with E-state index in [1.165, 1.54) is 7.11 Å². The van der Waals surface area contributed by atoms with Gasteiger partial charge in [-0.3, -0.25) is 0 Å². The van der Waals surface area contributed by atoms with Crippen LogP contribution in [0, 0.1) is 6.92 Å². The van der Waals surface area contributed by atoms with Crippen molar-refractivity contribution in [3.05, 3.63) is 53.1 Å². The highest BCUT2D eigenvalue weighted by atomic mass is 16.5. The van der Waals surface area contributed by atoms with E-state index in [1.807, 2.05) is 37.3 Å². The van der Waals surface area contributed by atoms with Gasteiger partial charge in [-0.1, -0.05) is 37.3 Å². The molecule has 0 unspecified atom stereocenters. The van der Waals surface area contributed by atoms with E-state index in [-0.39, 0.29) is 11.3 Å². The topological polar surface area (TPSA) is 71.7 Å². The molecule has 1 aromatic heterocycles.